The van der Waals surface area contributed by atoms with Crippen molar-refractivity contribution in [3.05, 3.63) is 41.5 Å². The molecule has 1 rings (SSSR count). The lowest BCUT2D eigenvalue weighted by Crippen LogP contribution is -1.86. The topological polar surface area (TPSA) is 0 Å². The van der Waals surface area contributed by atoms with Gasteiger partial charge in [0.05, 0.1) is 0 Å². The van der Waals surface area contributed by atoms with Crippen molar-refractivity contribution in [2.45, 2.75) is 26.2 Å². The molecular formula is C12H13BrF2. The van der Waals surface area contributed by atoms with E-state index in [1.165, 1.54) is 5.56 Å². The van der Waals surface area contributed by atoms with Crippen LogP contribution in [0.5, 0.6) is 0 Å². The van der Waals surface area contributed by atoms with Gasteiger partial charge < -0.3 is 0 Å². The molecule has 0 N–H and O–H groups in total. The zero-order valence-corrected chi connectivity index (χ0v) is 10.1. The third-order valence-electron chi connectivity index (χ3n) is 2.04. The first-order valence-corrected chi connectivity index (χ1v) is 5.67. The van der Waals surface area contributed by atoms with E-state index in [2.05, 4.69) is 22.9 Å². The summed E-state index contributed by atoms with van der Waals surface area (Å²) in [5.41, 5.74) is 2.02. The van der Waals surface area contributed by atoms with Gasteiger partial charge in [0.1, 0.15) is 0 Å². The largest absolute Gasteiger partial charge is 0.258 e. The van der Waals surface area contributed by atoms with Crippen LogP contribution < -0.4 is 0 Å². The Morgan fingerprint density at radius 3 is 2.40 bits per heavy atom. The molecule has 0 saturated carbocycles. The van der Waals surface area contributed by atoms with Crippen molar-refractivity contribution in [1.82, 2.24) is 0 Å². The molecule has 0 unspecified atom stereocenters. The second-order valence-corrected chi connectivity index (χ2v) is 4.15. The first kappa shape index (κ1) is 12.4. The highest BCUT2D eigenvalue weighted by Crippen LogP contribution is 2.23. The zero-order valence-electron chi connectivity index (χ0n) is 8.51. The van der Waals surface area contributed by atoms with Crippen molar-refractivity contribution in [3.63, 3.8) is 0 Å². The van der Waals surface area contributed by atoms with E-state index in [4.69, 9.17) is 0 Å². The lowest BCUT2D eigenvalue weighted by atomic mass is 10.1. The van der Waals surface area contributed by atoms with Gasteiger partial charge in [0, 0.05) is 4.48 Å². The van der Waals surface area contributed by atoms with Crippen LogP contribution in [0.1, 0.15) is 24.5 Å². The second kappa shape index (κ2) is 6.01. The highest BCUT2D eigenvalue weighted by molar-refractivity contribution is 9.15. The van der Waals surface area contributed by atoms with Crippen molar-refractivity contribution in [1.29, 1.82) is 0 Å². The second-order valence-electron chi connectivity index (χ2n) is 3.30. The van der Waals surface area contributed by atoms with Crippen LogP contribution >= 0.6 is 15.9 Å². The Hall–Kier alpha value is -0.700. The highest BCUT2D eigenvalue weighted by Gasteiger charge is 2.02. The molecule has 0 bridgehead atoms. The summed E-state index contributed by atoms with van der Waals surface area (Å²) in [7, 11) is 0. The third-order valence-corrected chi connectivity index (χ3v) is 2.76. The molecule has 1 aromatic rings. The molecular weight excluding hydrogens is 262 g/mol. The molecule has 15 heavy (non-hydrogen) atoms. The fourth-order valence-electron chi connectivity index (χ4n) is 1.33. The number of hydrogen-bond donors (Lipinski definition) is 0. The Labute approximate surface area is 97.1 Å². The lowest BCUT2D eigenvalue weighted by Gasteiger charge is -2.02. The summed E-state index contributed by atoms with van der Waals surface area (Å²) in [6.07, 6.45) is 0.591. The SMILES string of the molecule is CCCc1ccc(C(Br)=CC(F)F)cc1. The molecule has 0 aliphatic carbocycles. The molecule has 0 heterocycles. The third kappa shape index (κ3) is 4.12. The molecule has 0 nitrogen and oxygen atoms in total. The molecule has 0 aliphatic rings. The molecule has 82 valence electrons. The van der Waals surface area contributed by atoms with Crippen LogP contribution in [0.25, 0.3) is 4.48 Å². The van der Waals surface area contributed by atoms with Crippen molar-refractivity contribution < 1.29 is 8.78 Å². The fourth-order valence-corrected chi connectivity index (χ4v) is 1.79. The molecule has 0 amide bonds. The summed E-state index contributed by atoms with van der Waals surface area (Å²) in [4.78, 5) is 0. The Kier molecular flexibility index (Phi) is 4.95. The van der Waals surface area contributed by atoms with Gasteiger partial charge in [-0.3, -0.25) is 0 Å². The quantitative estimate of drug-likeness (QED) is 0.750. The van der Waals surface area contributed by atoms with Crippen molar-refractivity contribution in [2.75, 3.05) is 0 Å². The van der Waals surface area contributed by atoms with Gasteiger partial charge in [-0.05, 0) is 23.6 Å². The Bertz CT molecular complexity index is 328. The number of alkyl halides is 2. The molecule has 0 fully saturated rings. The van der Waals surface area contributed by atoms with E-state index >= 15 is 0 Å². The number of halogens is 3. The molecule has 0 aromatic heterocycles. The minimum Gasteiger partial charge on any atom is -0.206 e. The summed E-state index contributed by atoms with van der Waals surface area (Å²) < 4.78 is 24.6. The van der Waals surface area contributed by atoms with Gasteiger partial charge in [-0.25, -0.2) is 8.78 Å². The van der Waals surface area contributed by atoms with Gasteiger partial charge in [0.25, 0.3) is 6.43 Å². The summed E-state index contributed by atoms with van der Waals surface area (Å²) in [5, 5.41) is 0. The number of hydrogen-bond acceptors (Lipinski definition) is 0. The average molecular weight is 275 g/mol. The first-order chi connectivity index (χ1) is 7.13. The minimum absolute atomic E-state index is 0.445. The summed E-state index contributed by atoms with van der Waals surface area (Å²) >= 11 is 3.13. The van der Waals surface area contributed by atoms with E-state index in [9.17, 15) is 8.78 Å². The van der Waals surface area contributed by atoms with Crippen LogP contribution in [-0.2, 0) is 6.42 Å². The molecule has 0 radical (unpaired) electrons. The highest BCUT2D eigenvalue weighted by atomic mass is 79.9. The lowest BCUT2D eigenvalue weighted by molar-refractivity contribution is 0.205. The monoisotopic (exact) mass is 274 g/mol. The number of benzene rings is 1. The van der Waals surface area contributed by atoms with Crippen LogP contribution in [0.15, 0.2) is 30.3 Å². The van der Waals surface area contributed by atoms with Crippen molar-refractivity contribution in [3.8, 4) is 0 Å². The van der Waals surface area contributed by atoms with E-state index in [1.807, 2.05) is 24.3 Å². The van der Waals surface area contributed by atoms with Crippen LogP contribution in [0, 0.1) is 0 Å². The van der Waals surface area contributed by atoms with Crippen LogP contribution in [0.2, 0.25) is 0 Å². The Morgan fingerprint density at radius 1 is 1.33 bits per heavy atom. The average Bonchev–Trinajstić information content (AvgIpc) is 2.18. The van der Waals surface area contributed by atoms with E-state index < -0.39 is 6.43 Å². The zero-order chi connectivity index (χ0) is 11.3. The number of aryl methyl sites for hydroxylation is 1. The fraction of sp³-hybridized carbons (Fsp3) is 0.333. The maximum atomic E-state index is 12.1. The number of rotatable bonds is 4. The Morgan fingerprint density at radius 2 is 1.93 bits per heavy atom. The van der Waals surface area contributed by atoms with Crippen LogP contribution in [0.4, 0.5) is 8.78 Å². The van der Waals surface area contributed by atoms with E-state index in [0.29, 0.717) is 4.48 Å². The van der Waals surface area contributed by atoms with Crippen LogP contribution in [0.3, 0.4) is 0 Å². The predicted octanol–water partition coefficient (Wildman–Crippen LogP) is 4.64. The standard InChI is InChI=1S/C12H13BrF2/c1-2-3-9-4-6-10(7-5-9)11(13)8-12(14)15/h4-8,12H,2-3H2,1H3. The summed E-state index contributed by atoms with van der Waals surface area (Å²) in [6, 6.07) is 7.65. The van der Waals surface area contributed by atoms with Gasteiger partial charge in [-0.15, -0.1) is 0 Å². The van der Waals surface area contributed by atoms with Gasteiger partial charge in [0.15, 0.2) is 0 Å². The van der Waals surface area contributed by atoms with Gasteiger partial charge in [-0.1, -0.05) is 53.5 Å². The van der Waals surface area contributed by atoms with E-state index in [1.54, 1.807) is 0 Å². The van der Waals surface area contributed by atoms with Crippen LogP contribution in [-0.4, -0.2) is 6.43 Å². The molecule has 1 aromatic carbocycles. The van der Waals surface area contributed by atoms with Crippen molar-refractivity contribution in [2.24, 2.45) is 0 Å². The van der Waals surface area contributed by atoms with Crippen molar-refractivity contribution >= 4 is 20.4 Å². The maximum absolute atomic E-state index is 12.1. The normalized spacial score (nSPS) is 12.2. The van der Waals surface area contributed by atoms with Gasteiger partial charge in [0.2, 0.25) is 0 Å². The Balaban J connectivity index is 2.79. The van der Waals surface area contributed by atoms with E-state index in [-0.39, 0.29) is 0 Å². The van der Waals surface area contributed by atoms with Gasteiger partial charge >= 0.3 is 0 Å². The molecule has 0 aliphatic heterocycles. The first-order valence-electron chi connectivity index (χ1n) is 4.88. The molecule has 0 atom stereocenters. The molecule has 0 spiro atoms. The molecule has 3 heteroatoms. The number of allylic oxidation sites excluding steroid dienone is 1. The van der Waals surface area contributed by atoms with E-state index in [0.717, 1.165) is 24.5 Å². The predicted molar refractivity (Wildman–Crippen MR) is 63.3 cm³/mol. The minimum atomic E-state index is -2.42. The van der Waals surface area contributed by atoms with Gasteiger partial charge in [-0.2, -0.15) is 0 Å². The summed E-state index contributed by atoms with van der Waals surface area (Å²) in [5.74, 6) is 0. The maximum Gasteiger partial charge on any atom is 0.258 e. The summed E-state index contributed by atoms with van der Waals surface area (Å²) in [6.45, 7) is 2.11. The smallest absolute Gasteiger partial charge is 0.206 e. The molecule has 0 saturated heterocycles.